The number of hydrogen-bond acceptors (Lipinski definition) is 7. The summed E-state index contributed by atoms with van der Waals surface area (Å²) in [7, 11) is 1.24. The summed E-state index contributed by atoms with van der Waals surface area (Å²) in [4.78, 5) is 36.4. The van der Waals surface area contributed by atoms with Crippen molar-refractivity contribution in [3.05, 3.63) is 66.5 Å². The number of rotatable bonds is 5. The van der Waals surface area contributed by atoms with Gasteiger partial charge in [-0.1, -0.05) is 29.3 Å². The van der Waals surface area contributed by atoms with Gasteiger partial charge in [0.1, 0.15) is 0 Å². The molecule has 11 heteroatoms. The molecule has 2 aromatic carbocycles. The standard InChI is InChI=1S/C18H12Cl2N2O6S/c1-28-14-5-9(4-13(16(14)23)22(26)27)6-15-17(24)21(18(25)29-15)8-10-2-3-11(19)7-12(10)20/h2-7,23H,8H2,1H3. The lowest BCUT2D eigenvalue weighted by molar-refractivity contribution is -0.386. The average molecular weight is 455 g/mol. The maximum Gasteiger partial charge on any atom is 0.315 e. The van der Waals surface area contributed by atoms with E-state index in [1.807, 2.05) is 0 Å². The molecule has 1 aliphatic heterocycles. The lowest BCUT2D eigenvalue weighted by Crippen LogP contribution is -2.27. The monoisotopic (exact) mass is 454 g/mol. The number of nitrogens with zero attached hydrogens (tertiary/aromatic N) is 2. The van der Waals surface area contributed by atoms with Crippen LogP contribution in [0.3, 0.4) is 0 Å². The Balaban J connectivity index is 1.92. The molecule has 0 saturated carbocycles. The zero-order chi connectivity index (χ0) is 21.3. The fourth-order valence-corrected chi connectivity index (χ4v) is 3.91. The fourth-order valence-electron chi connectivity index (χ4n) is 2.60. The number of methoxy groups -OCH3 is 1. The summed E-state index contributed by atoms with van der Waals surface area (Å²) in [5.74, 6) is -1.32. The number of nitro groups is 1. The van der Waals surface area contributed by atoms with Crippen LogP contribution in [-0.4, -0.2) is 33.2 Å². The Hall–Kier alpha value is -2.75. The van der Waals surface area contributed by atoms with Crippen LogP contribution in [0.25, 0.3) is 6.08 Å². The smallest absolute Gasteiger partial charge is 0.315 e. The number of phenolic OH excluding ortho intramolecular Hbond substituents is 1. The minimum atomic E-state index is -0.774. The number of amides is 2. The second-order valence-corrected chi connectivity index (χ2v) is 7.69. The number of carbonyl (C=O) groups excluding carboxylic acids is 2. The van der Waals surface area contributed by atoms with Gasteiger partial charge in [-0.2, -0.15) is 0 Å². The van der Waals surface area contributed by atoms with E-state index in [2.05, 4.69) is 0 Å². The van der Waals surface area contributed by atoms with Crippen LogP contribution in [0.15, 0.2) is 35.2 Å². The van der Waals surface area contributed by atoms with Crippen LogP contribution in [0.2, 0.25) is 10.0 Å². The summed E-state index contributed by atoms with van der Waals surface area (Å²) < 4.78 is 4.93. The van der Waals surface area contributed by atoms with Gasteiger partial charge in [-0.15, -0.1) is 0 Å². The summed E-state index contributed by atoms with van der Waals surface area (Å²) in [6.07, 6.45) is 1.32. The molecule has 0 spiro atoms. The lowest BCUT2D eigenvalue weighted by Gasteiger charge is -2.13. The van der Waals surface area contributed by atoms with Gasteiger partial charge in [-0.25, -0.2) is 0 Å². The molecule has 1 aliphatic rings. The number of phenols is 1. The Morgan fingerprint density at radius 2 is 2.00 bits per heavy atom. The zero-order valence-electron chi connectivity index (χ0n) is 14.7. The molecule has 8 nitrogen and oxygen atoms in total. The van der Waals surface area contributed by atoms with Crippen LogP contribution >= 0.6 is 35.0 Å². The van der Waals surface area contributed by atoms with Crippen molar-refractivity contribution in [3.8, 4) is 11.5 Å². The number of ether oxygens (including phenoxy) is 1. The summed E-state index contributed by atoms with van der Waals surface area (Å²) >= 11 is 12.7. The number of thioether (sulfide) groups is 1. The highest BCUT2D eigenvalue weighted by Gasteiger charge is 2.35. The molecule has 3 rings (SSSR count). The number of imide groups is 1. The first-order valence-corrected chi connectivity index (χ1v) is 9.53. The Morgan fingerprint density at radius 3 is 2.62 bits per heavy atom. The summed E-state index contributed by atoms with van der Waals surface area (Å²) in [5, 5.41) is 21.2. The third-order valence-corrected chi connectivity index (χ3v) is 5.50. The van der Waals surface area contributed by atoms with E-state index >= 15 is 0 Å². The number of carbonyl (C=O) groups is 2. The molecule has 0 radical (unpaired) electrons. The highest BCUT2D eigenvalue weighted by molar-refractivity contribution is 8.18. The second kappa shape index (κ2) is 8.32. The summed E-state index contributed by atoms with van der Waals surface area (Å²) in [5.41, 5.74) is 0.186. The number of benzene rings is 2. The van der Waals surface area contributed by atoms with Crippen molar-refractivity contribution in [1.29, 1.82) is 0 Å². The number of halogens is 2. The van der Waals surface area contributed by atoms with Gasteiger partial charge in [0, 0.05) is 16.1 Å². The largest absolute Gasteiger partial charge is 0.500 e. The van der Waals surface area contributed by atoms with Crippen LogP contribution in [0.5, 0.6) is 11.5 Å². The molecule has 1 saturated heterocycles. The molecule has 0 bridgehead atoms. The van der Waals surface area contributed by atoms with Crippen LogP contribution < -0.4 is 4.74 Å². The summed E-state index contributed by atoms with van der Waals surface area (Å²) in [6, 6.07) is 7.13. The van der Waals surface area contributed by atoms with E-state index in [1.54, 1.807) is 12.1 Å². The highest BCUT2D eigenvalue weighted by Crippen LogP contribution is 2.39. The van der Waals surface area contributed by atoms with Crippen molar-refractivity contribution < 1.29 is 24.4 Å². The Kier molecular flexibility index (Phi) is 6.02. The van der Waals surface area contributed by atoms with Crippen molar-refractivity contribution >= 4 is 57.9 Å². The molecule has 2 amide bonds. The van der Waals surface area contributed by atoms with Crippen LogP contribution in [0.1, 0.15) is 11.1 Å². The maximum atomic E-state index is 12.7. The maximum absolute atomic E-state index is 12.7. The van der Waals surface area contributed by atoms with Crippen molar-refractivity contribution in [2.75, 3.05) is 7.11 Å². The molecular formula is C18H12Cl2N2O6S. The molecule has 1 fully saturated rings. The normalized spacial score (nSPS) is 15.3. The molecule has 29 heavy (non-hydrogen) atoms. The first kappa shape index (κ1) is 21.0. The molecule has 1 heterocycles. The lowest BCUT2D eigenvalue weighted by atomic mass is 10.1. The van der Waals surface area contributed by atoms with Crippen molar-refractivity contribution in [3.63, 3.8) is 0 Å². The predicted octanol–water partition coefficient (Wildman–Crippen LogP) is 4.85. The van der Waals surface area contributed by atoms with Crippen LogP contribution in [0.4, 0.5) is 10.5 Å². The van der Waals surface area contributed by atoms with Gasteiger partial charge < -0.3 is 9.84 Å². The van der Waals surface area contributed by atoms with E-state index in [0.29, 0.717) is 27.4 Å². The Bertz CT molecular complexity index is 1070. The first-order chi connectivity index (χ1) is 13.7. The topological polar surface area (TPSA) is 110 Å². The molecule has 2 aromatic rings. The molecule has 0 unspecified atom stereocenters. The zero-order valence-corrected chi connectivity index (χ0v) is 17.0. The highest BCUT2D eigenvalue weighted by atomic mass is 35.5. The van der Waals surface area contributed by atoms with E-state index < -0.39 is 27.5 Å². The minimum absolute atomic E-state index is 0.0446. The average Bonchev–Trinajstić information content (AvgIpc) is 2.92. The first-order valence-electron chi connectivity index (χ1n) is 7.96. The van der Waals surface area contributed by atoms with Gasteiger partial charge in [0.25, 0.3) is 11.1 Å². The third-order valence-electron chi connectivity index (χ3n) is 4.01. The van der Waals surface area contributed by atoms with Crippen molar-refractivity contribution in [1.82, 2.24) is 4.90 Å². The molecule has 1 N–H and O–H groups in total. The summed E-state index contributed by atoms with van der Waals surface area (Å²) in [6.45, 7) is -0.0446. The molecule has 0 atom stereocenters. The van der Waals surface area contributed by atoms with Gasteiger partial charge in [-0.05, 0) is 47.2 Å². The van der Waals surface area contributed by atoms with Crippen LogP contribution in [-0.2, 0) is 11.3 Å². The predicted molar refractivity (Wildman–Crippen MR) is 109 cm³/mol. The SMILES string of the molecule is COc1cc(C=C2SC(=O)N(Cc3ccc(Cl)cc3Cl)C2=O)cc([N+](=O)[O-])c1O. The number of nitro benzene ring substituents is 1. The molecule has 0 aliphatic carbocycles. The van der Waals surface area contributed by atoms with Gasteiger partial charge in [0.2, 0.25) is 5.75 Å². The van der Waals surface area contributed by atoms with E-state index in [9.17, 15) is 24.8 Å². The number of aromatic hydroxyl groups is 1. The quantitative estimate of drug-likeness (QED) is 0.390. The third kappa shape index (κ3) is 4.31. The molecular weight excluding hydrogens is 443 g/mol. The van der Waals surface area contributed by atoms with Crippen molar-refractivity contribution in [2.45, 2.75) is 6.54 Å². The minimum Gasteiger partial charge on any atom is -0.500 e. The van der Waals surface area contributed by atoms with E-state index in [4.69, 9.17) is 27.9 Å². The van der Waals surface area contributed by atoms with Gasteiger partial charge in [-0.3, -0.25) is 24.6 Å². The van der Waals surface area contributed by atoms with E-state index in [0.717, 1.165) is 11.0 Å². The van der Waals surface area contributed by atoms with Gasteiger partial charge >= 0.3 is 5.69 Å². The van der Waals surface area contributed by atoms with E-state index in [1.165, 1.54) is 25.3 Å². The second-order valence-electron chi connectivity index (χ2n) is 5.85. The van der Waals surface area contributed by atoms with Gasteiger partial charge in [0.05, 0.1) is 23.5 Å². The van der Waals surface area contributed by atoms with Crippen LogP contribution in [0, 0.1) is 10.1 Å². The fraction of sp³-hybridized carbons (Fsp3) is 0.111. The Labute approximate surface area is 178 Å². The van der Waals surface area contributed by atoms with Crippen molar-refractivity contribution in [2.24, 2.45) is 0 Å². The number of hydrogen-bond donors (Lipinski definition) is 1. The van der Waals surface area contributed by atoms with Gasteiger partial charge in [0.15, 0.2) is 5.75 Å². The van der Waals surface area contributed by atoms with E-state index in [-0.39, 0.29) is 22.8 Å². The Morgan fingerprint density at radius 1 is 1.28 bits per heavy atom. The molecule has 0 aromatic heterocycles. The molecule has 150 valence electrons.